The van der Waals surface area contributed by atoms with Gasteiger partial charge in [0.1, 0.15) is 17.1 Å². The zero-order chi connectivity index (χ0) is 15.6. The van der Waals surface area contributed by atoms with Crippen molar-refractivity contribution in [3.8, 4) is 5.75 Å². The van der Waals surface area contributed by atoms with Gasteiger partial charge in [-0.05, 0) is 24.3 Å². The zero-order valence-electron chi connectivity index (χ0n) is 10.3. The third-order valence-corrected chi connectivity index (χ3v) is 2.91. The highest BCUT2D eigenvalue weighted by molar-refractivity contribution is 6.34. The second-order valence-electron chi connectivity index (χ2n) is 4.04. The summed E-state index contributed by atoms with van der Waals surface area (Å²) in [6, 6.07) is 6.45. The van der Waals surface area contributed by atoms with Gasteiger partial charge in [-0.2, -0.15) is 0 Å². The van der Waals surface area contributed by atoms with Crippen LogP contribution in [0.2, 0.25) is 5.02 Å². The lowest BCUT2D eigenvalue weighted by Crippen LogP contribution is -2.14. The van der Waals surface area contributed by atoms with Crippen LogP contribution < -0.4 is 5.32 Å². The van der Waals surface area contributed by atoms with E-state index in [4.69, 9.17) is 11.6 Å². The smallest absolute Gasteiger partial charge is 0.285 e. The van der Waals surface area contributed by atoms with E-state index in [1.165, 1.54) is 18.2 Å². The number of nitrogens with zero attached hydrogens (tertiary/aromatic N) is 1. The van der Waals surface area contributed by atoms with Crippen LogP contribution in [0.15, 0.2) is 36.4 Å². The maximum Gasteiger partial charge on any atom is 0.285 e. The van der Waals surface area contributed by atoms with Crippen LogP contribution >= 0.6 is 11.6 Å². The van der Waals surface area contributed by atoms with Crippen molar-refractivity contribution in [3.63, 3.8) is 0 Å². The van der Waals surface area contributed by atoms with Crippen molar-refractivity contribution in [2.24, 2.45) is 0 Å². The number of carbonyl (C=O) groups is 1. The fraction of sp³-hybridized carbons (Fsp3) is 0. The first-order valence-corrected chi connectivity index (χ1v) is 6.00. The number of aromatic hydroxyl groups is 1. The number of benzene rings is 2. The van der Waals surface area contributed by atoms with Crippen LogP contribution in [0.1, 0.15) is 10.4 Å². The number of phenolic OH excluding ortho intramolecular Hbond substituents is 1. The van der Waals surface area contributed by atoms with Gasteiger partial charge < -0.3 is 10.4 Å². The summed E-state index contributed by atoms with van der Waals surface area (Å²) < 4.78 is 13.0. The number of carbonyl (C=O) groups excluding carboxylic acids is 1. The molecule has 0 aliphatic carbocycles. The molecule has 2 aromatic rings. The number of anilines is 1. The van der Waals surface area contributed by atoms with E-state index in [0.717, 1.165) is 12.1 Å². The summed E-state index contributed by atoms with van der Waals surface area (Å²) in [6.07, 6.45) is 0. The Balaban J connectivity index is 2.34. The SMILES string of the molecule is O=C(Nc1ccc(O)cc1Cl)c1ccc(F)cc1[N+](=O)[O-]. The van der Waals surface area contributed by atoms with Gasteiger partial charge in [0, 0.05) is 6.07 Å². The van der Waals surface area contributed by atoms with Gasteiger partial charge in [0.05, 0.1) is 21.7 Å². The number of hydrogen-bond acceptors (Lipinski definition) is 4. The molecule has 0 spiro atoms. The third-order valence-electron chi connectivity index (χ3n) is 2.60. The van der Waals surface area contributed by atoms with Crippen LogP contribution in [0, 0.1) is 15.9 Å². The molecule has 0 saturated heterocycles. The third kappa shape index (κ3) is 3.26. The Bertz CT molecular complexity index is 736. The first-order chi connectivity index (χ1) is 9.88. The molecule has 0 unspecified atom stereocenters. The number of hydrogen-bond donors (Lipinski definition) is 2. The summed E-state index contributed by atoms with van der Waals surface area (Å²) in [7, 11) is 0. The van der Waals surface area contributed by atoms with Gasteiger partial charge in [0.25, 0.3) is 11.6 Å². The minimum absolute atomic E-state index is 0.0631. The van der Waals surface area contributed by atoms with Crippen molar-refractivity contribution in [2.45, 2.75) is 0 Å². The van der Waals surface area contributed by atoms with Crippen molar-refractivity contribution in [1.29, 1.82) is 0 Å². The zero-order valence-corrected chi connectivity index (χ0v) is 11.1. The van der Waals surface area contributed by atoms with E-state index in [0.29, 0.717) is 6.07 Å². The Morgan fingerprint density at radius 1 is 1.29 bits per heavy atom. The molecular weight excluding hydrogens is 303 g/mol. The predicted molar refractivity (Wildman–Crippen MR) is 74.1 cm³/mol. The lowest BCUT2D eigenvalue weighted by molar-refractivity contribution is -0.385. The molecule has 108 valence electrons. The summed E-state index contributed by atoms with van der Waals surface area (Å²) in [6.45, 7) is 0. The molecule has 0 bridgehead atoms. The summed E-state index contributed by atoms with van der Waals surface area (Å²) in [5.41, 5.74) is -0.786. The van der Waals surface area contributed by atoms with Gasteiger partial charge >= 0.3 is 0 Å². The Hall–Kier alpha value is -2.67. The van der Waals surface area contributed by atoms with Crippen LogP contribution in [-0.4, -0.2) is 15.9 Å². The number of phenols is 1. The van der Waals surface area contributed by atoms with Gasteiger partial charge in [0.15, 0.2) is 0 Å². The first kappa shape index (κ1) is 14.7. The van der Waals surface area contributed by atoms with Crippen molar-refractivity contribution in [2.75, 3.05) is 5.32 Å². The van der Waals surface area contributed by atoms with Crippen molar-refractivity contribution in [1.82, 2.24) is 0 Å². The Kier molecular flexibility index (Phi) is 4.04. The summed E-state index contributed by atoms with van der Waals surface area (Å²) >= 11 is 5.82. The second kappa shape index (κ2) is 5.76. The number of nitro benzene ring substituents is 1. The number of amides is 1. The van der Waals surface area contributed by atoms with Gasteiger partial charge in [-0.15, -0.1) is 0 Å². The highest BCUT2D eigenvalue weighted by Crippen LogP contribution is 2.27. The predicted octanol–water partition coefficient (Wildman–Crippen LogP) is 3.35. The molecule has 0 aromatic heterocycles. The molecule has 8 heteroatoms. The lowest BCUT2D eigenvalue weighted by atomic mass is 10.1. The highest BCUT2D eigenvalue weighted by Gasteiger charge is 2.21. The second-order valence-corrected chi connectivity index (χ2v) is 4.44. The van der Waals surface area contributed by atoms with E-state index in [1.54, 1.807) is 0 Å². The molecule has 2 N–H and O–H groups in total. The molecule has 0 radical (unpaired) electrons. The molecule has 1 amide bonds. The summed E-state index contributed by atoms with van der Waals surface area (Å²) in [5.74, 6) is -1.72. The van der Waals surface area contributed by atoms with E-state index in [-0.39, 0.29) is 22.0 Å². The van der Waals surface area contributed by atoms with Crippen molar-refractivity contribution >= 4 is 28.9 Å². The maximum absolute atomic E-state index is 13.0. The van der Waals surface area contributed by atoms with Crippen LogP contribution in [0.25, 0.3) is 0 Å². The van der Waals surface area contributed by atoms with E-state index >= 15 is 0 Å². The molecule has 0 saturated carbocycles. The quantitative estimate of drug-likeness (QED) is 0.516. The van der Waals surface area contributed by atoms with Gasteiger partial charge in [-0.1, -0.05) is 11.6 Å². The Morgan fingerprint density at radius 3 is 2.62 bits per heavy atom. The van der Waals surface area contributed by atoms with Gasteiger partial charge in [0.2, 0.25) is 0 Å². The molecule has 6 nitrogen and oxygen atoms in total. The van der Waals surface area contributed by atoms with Gasteiger partial charge in [-0.3, -0.25) is 14.9 Å². The highest BCUT2D eigenvalue weighted by atomic mass is 35.5. The topological polar surface area (TPSA) is 92.5 Å². The van der Waals surface area contributed by atoms with Crippen LogP contribution in [0.5, 0.6) is 5.75 Å². The van der Waals surface area contributed by atoms with Crippen LogP contribution in [-0.2, 0) is 0 Å². The monoisotopic (exact) mass is 310 g/mol. The van der Waals surface area contributed by atoms with E-state index in [1.807, 2.05) is 0 Å². The minimum Gasteiger partial charge on any atom is -0.508 e. The summed E-state index contributed by atoms with van der Waals surface area (Å²) in [5, 5.41) is 22.5. The molecule has 0 aliphatic heterocycles. The molecule has 0 fully saturated rings. The first-order valence-electron chi connectivity index (χ1n) is 5.62. The largest absolute Gasteiger partial charge is 0.508 e. The van der Waals surface area contributed by atoms with E-state index in [9.17, 15) is 24.4 Å². The average molecular weight is 311 g/mol. The minimum atomic E-state index is -0.851. The fourth-order valence-corrected chi connectivity index (χ4v) is 1.86. The number of rotatable bonds is 3. The standard InChI is InChI=1S/C13H8ClFN2O4/c14-10-6-8(18)2-4-11(10)16-13(19)9-3-1-7(15)5-12(9)17(20)21/h1-6,18H,(H,16,19). The molecule has 0 heterocycles. The van der Waals surface area contributed by atoms with Gasteiger partial charge in [-0.25, -0.2) is 4.39 Å². The molecule has 0 aliphatic rings. The average Bonchev–Trinajstić information content (AvgIpc) is 2.41. The molecular formula is C13H8ClFN2O4. The number of nitro groups is 1. The Labute approximate surface area is 122 Å². The molecule has 21 heavy (non-hydrogen) atoms. The van der Waals surface area contributed by atoms with E-state index < -0.39 is 22.3 Å². The molecule has 2 rings (SSSR count). The lowest BCUT2D eigenvalue weighted by Gasteiger charge is -2.08. The Morgan fingerprint density at radius 2 is 2.00 bits per heavy atom. The van der Waals surface area contributed by atoms with Crippen LogP contribution in [0.4, 0.5) is 15.8 Å². The molecule has 0 atom stereocenters. The van der Waals surface area contributed by atoms with Crippen molar-refractivity contribution in [3.05, 3.63) is 62.9 Å². The maximum atomic E-state index is 13.0. The molecule has 2 aromatic carbocycles. The van der Waals surface area contributed by atoms with Crippen molar-refractivity contribution < 1.29 is 19.2 Å². The fourth-order valence-electron chi connectivity index (χ4n) is 1.64. The number of halogens is 2. The number of nitrogens with one attached hydrogen (secondary N) is 1. The summed E-state index contributed by atoms with van der Waals surface area (Å²) in [4.78, 5) is 22.0. The normalized spacial score (nSPS) is 10.2. The van der Waals surface area contributed by atoms with Crippen LogP contribution in [0.3, 0.4) is 0 Å². The van der Waals surface area contributed by atoms with E-state index in [2.05, 4.69) is 5.32 Å².